The maximum Gasteiger partial charge on any atom is 0.272 e. The molecule has 1 aliphatic heterocycles. The van der Waals surface area contributed by atoms with E-state index in [-0.39, 0.29) is 5.91 Å². The molecule has 1 fully saturated rings. The van der Waals surface area contributed by atoms with Gasteiger partial charge in [-0.2, -0.15) is 0 Å². The first kappa shape index (κ1) is 14.5. The summed E-state index contributed by atoms with van der Waals surface area (Å²) >= 11 is 0. The molecular weight excluding hydrogens is 278 g/mol. The molecule has 1 atom stereocenters. The van der Waals surface area contributed by atoms with Crippen LogP contribution in [0.3, 0.4) is 0 Å². The fourth-order valence-corrected chi connectivity index (χ4v) is 2.85. The summed E-state index contributed by atoms with van der Waals surface area (Å²) in [5.74, 6) is 1.12. The van der Waals surface area contributed by atoms with Crippen LogP contribution in [0.2, 0.25) is 0 Å². The number of methoxy groups -OCH3 is 1. The van der Waals surface area contributed by atoms with E-state index in [1.54, 1.807) is 31.6 Å². The number of hydrogen-bond acceptors (Lipinski definition) is 4. The summed E-state index contributed by atoms with van der Waals surface area (Å²) in [6, 6.07) is 7.47. The fourth-order valence-electron chi connectivity index (χ4n) is 2.85. The molecule has 0 radical (unpaired) electrons. The minimum Gasteiger partial charge on any atom is -0.497 e. The normalized spacial score (nSPS) is 17.5. The highest BCUT2D eigenvalue weighted by Gasteiger charge is 2.27. The van der Waals surface area contributed by atoms with Gasteiger partial charge in [-0.25, -0.2) is 0 Å². The molecule has 0 N–H and O–H groups in total. The highest BCUT2D eigenvalue weighted by molar-refractivity contribution is 5.92. The molecule has 114 valence electrons. The third-order valence-corrected chi connectivity index (χ3v) is 4.01. The molecule has 0 aromatic carbocycles. The van der Waals surface area contributed by atoms with Gasteiger partial charge in [0.1, 0.15) is 11.4 Å². The van der Waals surface area contributed by atoms with E-state index in [0.717, 1.165) is 25.9 Å². The average molecular weight is 297 g/mol. The van der Waals surface area contributed by atoms with Gasteiger partial charge in [-0.3, -0.25) is 14.8 Å². The van der Waals surface area contributed by atoms with Gasteiger partial charge in [0.2, 0.25) is 0 Å². The van der Waals surface area contributed by atoms with E-state index < -0.39 is 0 Å². The molecule has 1 amide bonds. The first-order valence-corrected chi connectivity index (χ1v) is 7.44. The van der Waals surface area contributed by atoms with Gasteiger partial charge in [-0.1, -0.05) is 6.07 Å². The lowest BCUT2D eigenvalue weighted by molar-refractivity contribution is 0.0781. The second-order valence-electron chi connectivity index (χ2n) is 5.55. The maximum atomic E-state index is 12.5. The van der Waals surface area contributed by atoms with Crippen LogP contribution < -0.4 is 4.74 Å². The van der Waals surface area contributed by atoms with Crippen LogP contribution in [0.25, 0.3) is 0 Å². The molecule has 0 spiro atoms. The number of amides is 1. The Kier molecular flexibility index (Phi) is 4.32. The van der Waals surface area contributed by atoms with Crippen molar-refractivity contribution in [3.8, 4) is 5.75 Å². The van der Waals surface area contributed by atoms with E-state index in [1.165, 1.54) is 5.56 Å². The summed E-state index contributed by atoms with van der Waals surface area (Å²) in [5, 5.41) is 0. The molecule has 5 heteroatoms. The summed E-state index contributed by atoms with van der Waals surface area (Å²) in [7, 11) is 1.59. The van der Waals surface area contributed by atoms with Crippen LogP contribution in [0.5, 0.6) is 5.75 Å². The summed E-state index contributed by atoms with van der Waals surface area (Å²) < 4.78 is 5.15. The zero-order valence-corrected chi connectivity index (χ0v) is 12.6. The smallest absolute Gasteiger partial charge is 0.272 e. The fraction of sp³-hybridized carbons (Fsp3) is 0.353. The Balaban J connectivity index is 1.63. The maximum absolute atomic E-state index is 12.5. The number of hydrogen-bond donors (Lipinski definition) is 0. The number of pyridine rings is 2. The predicted octanol–water partition coefficient (Wildman–Crippen LogP) is 2.19. The highest BCUT2D eigenvalue weighted by atomic mass is 16.5. The van der Waals surface area contributed by atoms with Gasteiger partial charge >= 0.3 is 0 Å². The van der Waals surface area contributed by atoms with Crippen molar-refractivity contribution in [2.75, 3.05) is 20.2 Å². The Morgan fingerprint density at radius 1 is 1.41 bits per heavy atom. The number of carbonyl (C=O) groups is 1. The van der Waals surface area contributed by atoms with Crippen molar-refractivity contribution in [2.24, 2.45) is 5.92 Å². The average Bonchev–Trinajstić information content (AvgIpc) is 3.03. The number of ether oxygens (including phenoxy) is 1. The summed E-state index contributed by atoms with van der Waals surface area (Å²) in [4.78, 5) is 22.7. The monoisotopic (exact) mass is 297 g/mol. The Hall–Kier alpha value is -2.43. The van der Waals surface area contributed by atoms with Crippen LogP contribution in [0.4, 0.5) is 0 Å². The third-order valence-electron chi connectivity index (χ3n) is 4.01. The topological polar surface area (TPSA) is 55.3 Å². The summed E-state index contributed by atoms with van der Waals surface area (Å²) in [6.07, 6.45) is 7.26. The molecule has 2 aromatic rings. The van der Waals surface area contributed by atoms with Crippen LogP contribution in [0.15, 0.2) is 42.9 Å². The van der Waals surface area contributed by atoms with Crippen molar-refractivity contribution >= 4 is 5.91 Å². The molecule has 1 unspecified atom stereocenters. The Morgan fingerprint density at radius 3 is 3.09 bits per heavy atom. The van der Waals surface area contributed by atoms with Gasteiger partial charge in [-0.15, -0.1) is 0 Å². The van der Waals surface area contributed by atoms with Crippen LogP contribution in [-0.4, -0.2) is 41.0 Å². The Labute approximate surface area is 130 Å². The number of nitrogens with zero attached hydrogens (tertiary/aromatic N) is 3. The molecule has 1 aliphatic rings. The third kappa shape index (κ3) is 3.24. The molecular formula is C17H19N3O2. The van der Waals surface area contributed by atoms with Gasteiger partial charge in [0.05, 0.1) is 7.11 Å². The first-order valence-electron chi connectivity index (χ1n) is 7.44. The first-order chi connectivity index (χ1) is 10.8. The van der Waals surface area contributed by atoms with Crippen LogP contribution >= 0.6 is 0 Å². The molecule has 0 saturated carbocycles. The molecule has 2 aromatic heterocycles. The lowest BCUT2D eigenvalue weighted by atomic mass is 10.0. The van der Waals surface area contributed by atoms with E-state index in [1.807, 2.05) is 17.2 Å². The quantitative estimate of drug-likeness (QED) is 0.868. The zero-order valence-electron chi connectivity index (χ0n) is 12.6. The van der Waals surface area contributed by atoms with Crippen molar-refractivity contribution < 1.29 is 9.53 Å². The van der Waals surface area contributed by atoms with Gasteiger partial charge in [0.15, 0.2) is 0 Å². The lowest BCUT2D eigenvalue weighted by Gasteiger charge is -2.16. The predicted molar refractivity (Wildman–Crippen MR) is 82.7 cm³/mol. The van der Waals surface area contributed by atoms with E-state index in [2.05, 4.69) is 16.0 Å². The van der Waals surface area contributed by atoms with Crippen LogP contribution in [0.1, 0.15) is 22.5 Å². The number of aromatic nitrogens is 2. The molecule has 3 rings (SSSR count). The highest BCUT2D eigenvalue weighted by Crippen LogP contribution is 2.22. The van der Waals surface area contributed by atoms with Crippen molar-refractivity contribution in [1.82, 2.24) is 14.9 Å². The number of likely N-dealkylation sites (tertiary alicyclic amines) is 1. The second kappa shape index (κ2) is 6.56. The van der Waals surface area contributed by atoms with Crippen LogP contribution in [-0.2, 0) is 6.42 Å². The molecule has 3 heterocycles. The zero-order chi connectivity index (χ0) is 15.4. The Morgan fingerprint density at radius 2 is 2.32 bits per heavy atom. The van der Waals surface area contributed by atoms with Crippen molar-refractivity contribution in [3.05, 3.63) is 54.1 Å². The van der Waals surface area contributed by atoms with E-state index in [0.29, 0.717) is 17.4 Å². The minimum atomic E-state index is -0.0208. The molecule has 0 aliphatic carbocycles. The second-order valence-corrected chi connectivity index (χ2v) is 5.55. The van der Waals surface area contributed by atoms with Crippen LogP contribution in [0, 0.1) is 5.92 Å². The van der Waals surface area contributed by atoms with Gasteiger partial charge in [-0.05, 0) is 36.5 Å². The molecule has 5 nitrogen and oxygen atoms in total. The largest absolute Gasteiger partial charge is 0.497 e. The van der Waals surface area contributed by atoms with Crippen molar-refractivity contribution in [2.45, 2.75) is 12.8 Å². The molecule has 0 bridgehead atoms. The standard InChI is InChI=1S/C17H19N3O2/c1-22-15-4-7-19-16(10-15)17(21)20-8-5-14(12-20)9-13-3-2-6-18-11-13/h2-4,6-7,10-11,14H,5,8-9,12H2,1H3. The lowest BCUT2D eigenvalue weighted by Crippen LogP contribution is -2.29. The van der Waals surface area contributed by atoms with Crippen molar-refractivity contribution in [3.63, 3.8) is 0 Å². The molecule has 22 heavy (non-hydrogen) atoms. The van der Waals surface area contributed by atoms with E-state index in [4.69, 9.17) is 4.74 Å². The number of rotatable bonds is 4. The van der Waals surface area contributed by atoms with Gasteiger partial charge in [0, 0.05) is 37.7 Å². The van der Waals surface area contributed by atoms with E-state index >= 15 is 0 Å². The van der Waals surface area contributed by atoms with Crippen molar-refractivity contribution in [1.29, 1.82) is 0 Å². The van der Waals surface area contributed by atoms with E-state index in [9.17, 15) is 4.79 Å². The Bertz CT molecular complexity index is 645. The van der Waals surface area contributed by atoms with Gasteiger partial charge in [0.25, 0.3) is 5.91 Å². The molecule has 1 saturated heterocycles. The SMILES string of the molecule is COc1ccnc(C(=O)N2CCC(Cc3cccnc3)C2)c1. The summed E-state index contributed by atoms with van der Waals surface area (Å²) in [5.41, 5.74) is 1.67. The van der Waals surface area contributed by atoms with Gasteiger partial charge < -0.3 is 9.64 Å². The minimum absolute atomic E-state index is 0.0208. The number of carbonyl (C=O) groups excluding carboxylic acids is 1. The summed E-state index contributed by atoms with van der Waals surface area (Å²) in [6.45, 7) is 1.55.